The lowest BCUT2D eigenvalue weighted by atomic mass is 10.1. The standard InChI is InChI=1S/C20H34N4O3/c1-3-22(4-2)19(26)15-21-9-11-23(12-10-21)20(27)16-13-18(25)24(14-16)17-7-5-6-8-17/h16-17H,3-15H2,1-2H3. The van der Waals surface area contributed by atoms with Crippen molar-refractivity contribution in [1.29, 1.82) is 0 Å². The quantitative estimate of drug-likeness (QED) is 0.686. The van der Waals surface area contributed by atoms with Gasteiger partial charge < -0.3 is 14.7 Å². The van der Waals surface area contributed by atoms with Crippen molar-refractivity contribution in [3.8, 4) is 0 Å². The zero-order chi connectivity index (χ0) is 19.4. The Morgan fingerprint density at radius 2 is 1.67 bits per heavy atom. The molecule has 0 aromatic carbocycles. The summed E-state index contributed by atoms with van der Waals surface area (Å²) in [7, 11) is 0. The van der Waals surface area contributed by atoms with E-state index in [2.05, 4.69) is 4.90 Å². The van der Waals surface area contributed by atoms with Gasteiger partial charge in [0.2, 0.25) is 17.7 Å². The largest absolute Gasteiger partial charge is 0.342 e. The fraction of sp³-hybridized carbons (Fsp3) is 0.850. The van der Waals surface area contributed by atoms with Gasteiger partial charge in [0, 0.05) is 58.3 Å². The lowest BCUT2D eigenvalue weighted by Gasteiger charge is -2.36. The van der Waals surface area contributed by atoms with Gasteiger partial charge in [0.25, 0.3) is 0 Å². The smallest absolute Gasteiger partial charge is 0.236 e. The number of hydrogen-bond donors (Lipinski definition) is 0. The number of likely N-dealkylation sites (N-methyl/N-ethyl adjacent to an activating group) is 1. The van der Waals surface area contributed by atoms with Crippen LogP contribution in [0, 0.1) is 5.92 Å². The molecule has 2 aliphatic heterocycles. The molecule has 7 nitrogen and oxygen atoms in total. The molecule has 3 rings (SSSR count). The first-order valence-corrected chi connectivity index (χ1v) is 10.6. The van der Waals surface area contributed by atoms with E-state index in [1.807, 2.05) is 28.5 Å². The second kappa shape index (κ2) is 9.04. The summed E-state index contributed by atoms with van der Waals surface area (Å²) in [6.07, 6.45) is 4.94. The molecule has 0 spiro atoms. The van der Waals surface area contributed by atoms with Crippen molar-refractivity contribution < 1.29 is 14.4 Å². The summed E-state index contributed by atoms with van der Waals surface area (Å²) in [5.74, 6) is 0.262. The van der Waals surface area contributed by atoms with Crippen LogP contribution in [-0.4, -0.2) is 95.7 Å². The highest BCUT2D eigenvalue weighted by Crippen LogP contribution is 2.30. The minimum absolute atomic E-state index is 0.124. The van der Waals surface area contributed by atoms with Gasteiger partial charge in [0.15, 0.2) is 0 Å². The summed E-state index contributed by atoms with van der Waals surface area (Å²) in [6, 6.07) is 0.359. The lowest BCUT2D eigenvalue weighted by molar-refractivity contribution is -0.138. The highest BCUT2D eigenvalue weighted by Gasteiger charge is 2.40. The number of hydrogen-bond acceptors (Lipinski definition) is 4. The Morgan fingerprint density at radius 3 is 2.26 bits per heavy atom. The molecule has 0 bridgehead atoms. The fourth-order valence-electron chi connectivity index (χ4n) is 4.72. The van der Waals surface area contributed by atoms with Crippen LogP contribution in [0.25, 0.3) is 0 Å². The molecule has 3 amide bonds. The Hall–Kier alpha value is -1.63. The molecule has 2 saturated heterocycles. The number of piperazine rings is 1. The number of amides is 3. The molecule has 0 aromatic heterocycles. The monoisotopic (exact) mass is 378 g/mol. The maximum atomic E-state index is 12.9. The maximum absolute atomic E-state index is 12.9. The van der Waals surface area contributed by atoms with Gasteiger partial charge in [-0.15, -0.1) is 0 Å². The molecule has 0 aromatic rings. The van der Waals surface area contributed by atoms with Crippen LogP contribution in [0.3, 0.4) is 0 Å². The summed E-state index contributed by atoms with van der Waals surface area (Å²) in [5.41, 5.74) is 0. The van der Waals surface area contributed by atoms with Crippen molar-refractivity contribution in [3.05, 3.63) is 0 Å². The Kier molecular flexibility index (Phi) is 6.73. The van der Waals surface area contributed by atoms with Crippen LogP contribution < -0.4 is 0 Å². The van der Waals surface area contributed by atoms with Gasteiger partial charge in [-0.25, -0.2) is 0 Å². The van der Waals surface area contributed by atoms with Crippen LogP contribution in [-0.2, 0) is 14.4 Å². The summed E-state index contributed by atoms with van der Waals surface area (Å²) in [6.45, 7) is 9.26. The number of nitrogens with zero attached hydrogens (tertiary/aromatic N) is 4. The molecule has 3 aliphatic rings. The minimum Gasteiger partial charge on any atom is -0.342 e. The van der Waals surface area contributed by atoms with Crippen molar-refractivity contribution in [2.24, 2.45) is 5.92 Å². The molecule has 3 fully saturated rings. The fourth-order valence-corrected chi connectivity index (χ4v) is 4.72. The Bertz CT molecular complexity index is 549. The summed E-state index contributed by atoms with van der Waals surface area (Å²) in [4.78, 5) is 45.3. The van der Waals surface area contributed by atoms with Gasteiger partial charge in [0.05, 0.1) is 12.5 Å². The molecule has 1 unspecified atom stereocenters. The van der Waals surface area contributed by atoms with E-state index in [1.54, 1.807) is 0 Å². The van der Waals surface area contributed by atoms with E-state index in [1.165, 1.54) is 12.8 Å². The second-order valence-corrected chi connectivity index (χ2v) is 8.05. The molecular weight excluding hydrogens is 344 g/mol. The first-order chi connectivity index (χ1) is 13.0. The van der Waals surface area contributed by atoms with Crippen molar-refractivity contribution in [3.63, 3.8) is 0 Å². The van der Waals surface area contributed by atoms with Crippen LogP contribution >= 0.6 is 0 Å². The zero-order valence-corrected chi connectivity index (χ0v) is 16.9. The summed E-state index contributed by atoms with van der Waals surface area (Å²) in [5, 5.41) is 0. The SMILES string of the molecule is CCN(CC)C(=O)CN1CCN(C(=O)C2CC(=O)N(C3CCCC3)C2)CC1. The molecule has 1 aliphatic carbocycles. The third-order valence-electron chi connectivity index (χ3n) is 6.43. The molecule has 152 valence electrons. The Labute approximate surface area is 162 Å². The van der Waals surface area contributed by atoms with Gasteiger partial charge in [-0.2, -0.15) is 0 Å². The normalized spacial score (nSPS) is 24.7. The van der Waals surface area contributed by atoms with E-state index < -0.39 is 0 Å². The molecule has 2 heterocycles. The number of likely N-dealkylation sites (tertiary alicyclic amines) is 1. The lowest BCUT2D eigenvalue weighted by Crippen LogP contribution is -2.53. The molecule has 7 heteroatoms. The van der Waals surface area contributed by atoms with E-state index in [9.17, 15) is 14.4 Å². The van der Waals surface area contributed by atoms with Crippen LogP contribution in [0.1, 0.15) is 46.0 Å². The Morgan fingerprint density at radius 1 is 1.04 bits per heavy atom. The predicted molar refractivity (Wildman–Crippen MR) is 103 cm³/mol. The summed E-state index contributed by atoms with van der Waals surface area (Å²) < 4.78 is 0. The van der Waals surface area contributed by atoms with Gasteiger partial charge in [-0.05, 0) is 26.7 Å². The Balaban J connectivity index is 1.46. The van der Waals surface area contributed by atoms with E-state index in [-0.39, 0.29) is 23.6 Å². The van der Waals surface area contributed by atoms with E-state index >= 15 is 0 Å². The number of carbonyl (C=O) groups excluding carboxylic acids is 3. The van der Waals surface area contributed by atoms with Crippen LogP contribution in [0.15, 0.2) is 0 Å². The third-order valence-corrected chi connectivity index (χ3v) is 6.43. The van der Waals surface area contributed by atoms with Crippen LogP contribution in [0.5, 0.6) is 0 Å². The zero-order valence-electron chi connectivity index (χ0n) is 16.9. The molecule has 0 radical (unpaired) electrons. The molecule has 1 saturated carbocycles. The average molecular weight is 379 g/mol. The first kappa shape index (κ1) is 20.1. The highest BCUT2D eigenvalue weighted by molar-refractivity contribution is 5.89. The third kappa shape index (κ3) is 4.62. The number of carbonyl (C=O) groups is 3. The van der Waals surface area contributed by atoms with Crippen molar-refractivity contribution >= 4 is 17.7 Å². The second-order valence-electron chi connectivity index (χ2n) is 8.05. The maximum Gasteiger partial charge on any atom is 0.236 e. The van der Waals surface area contributed by atoms with Gasteiger partial charge >= 0.3 is 0 Å². The van der Waals surface area contributed by atoms with Gasteiger partial charge in [-0.3, -0.25) is 19.3 Å². The van der Waals surface area contributed by atoms with Crippen molar-refractivity contribution in [2.75, 3.05) is 52.4 Å². The predicted octanol–water partition coefficient (Wildman–Crippen LogP) is 0.790. The first-order valence-electron chi connectivity index (χ1n) is 10.6. The topological polar surface area (TPSA) is 64.2 Å². The van der Waals surface area contributed by atoms with Crippen molar-refractivity contribution in [2.45, 2.75) is 52.0 Å². The molecule has 1 atom stereocenters. The summed E-state index contributed by atoms with van der Waals surface area (Å²) >= 11 is 0. The van der Waals surface area contributed by atoms with Crippen LogP contribution in [0.4, 0.5) is 0 Å². The molecule has 27 heavy (non-hydrogen) atoms. The minimum atomic E-state index is -0.179. The highest BCUT2D eigenvalue weighted by atomic mass is 16.2. The van der Waals surface area contributed by atoms with Crippen LogP contribution in [0.2, 0.25) is 0 Å². The van der Waals surface area contributed by atoms with E-state index in [0.717, 1.165) is 39.0 Å². The van der Waals surface area contributed by atoms with E-state index in [0.29, 0.717) is 38.6 Å². The molecular formula is C20H34N4O3. The molecule has 0 N–H and O–H groups in total. The van der Waals surface area contributed by atoms with Crippen molar-refractivity contribution in [1.82, 2.24) is 19.6 Å². The average Bonchev–Trinajstić information content (AvgIpc) is 3.32. The van der Waals surface area contributed by atoms with E-state index in [4.69, 9.17) is 0 Å². The van der Waals surface area contributed by atoms with Gasteiger partial charge in [-0.1, -0.05) is 12.8 Å². The number of rotatable bonds is 6. The van der Waals surface area contributed by atoms with Gasteiger partial charge in [0.1, 0.15) is 0 Å².